The number of hydrogen-bond donors (Lipinski definition) is 1. The summed E-state index contributed by atoms with van der Waals surface area (Å²) in [6, 6.07) is 0. The summed E-state index contributed by atoms with van der Waals surface area (Å²) in [4.78, 5) is 11.4. The lowest BCUT2D eigenvalue weighted by atomic mass is 9.67. The molecule has 0 saturated heterocycles. The van der Waals surface area contributed by atoms with Crippen molar-refractivity contribution >= 4 is 17.7 Å². The molecule has 18 heavy (non-hydrogen) atoms. The van der Waals surface area contributed by atoms with Crippen LogP contribution in [0.15, 0.2) is 0 Å². The minimum Gasteiger partial charge on any atom is -0.481 e. The molecule has 2 nitrogen and oxygen atoms in total. The van der Waals surface area contributed by atoms with Gasteiger partial charge in [0.1, 0.15) is 0 Å². The van der Waals surface area contributed by atoms with Gasteiger partial charge in [-0.2, -0.15) is 13.2 Å². The molecule has 0 aromatic heterocycles. The Morgan fingerprint density at radius 3 is 2.67 bits per heavy atom. The van der Waals surface area contributed by atoms with Crippen molar-refractivity contribution in [1.29, 1.82) is 0 Å². The highest BCUT2D eigenvalue weighted by Crippen LogP contribution is 2.45. The molecule has 1 aliphatic rings. The lowest BCUT2D eigenvalue weighted by Gasteiger charge is -2.37. The number of alkyl halides is 3. The number of thioether (sulfide) groups is 1. The van der Waals surface area contributed by atoms with E-state index in [1.165, 1.54) is 0 Å². The van der Waals surface area contributed by atoms with Crippen LogP contribution in [0.3, 0.4) is 0 Å². The Kier molecular flexibility index (Phi) is 5.37. The normalized spacial score (nSPS) is 29.2. The summed E-state index contributed by atoms with van der Waals surface area (Å²) in [5.41, 5.74) is -5.20. The lowest BCUT2D eigenvalue weighted by Crippen LogP contribution is -2.37. The molecule has 0 bridgehead atoms. The first kappa shape index (κ1) is 15.7. The first-order valence-corrected chi connectivity index (χ1v) is 7.22. The van der Waals surface area contributed by atoms with Gasteiger partial charge in [-0.3, -0.25) is 4.79 Å². The summed E-state index contributed by atoms with van der Waals surface area (Å²) >= 11 is -0.111. The highest BCUT2D eigenvalue weighted by Gasteiger charge is 2.43. The number of carbonyl (C=O) groups is 1. The number of carboxylic acids is 1. The van der Waals surface area contributed by atoms with Crippen molar-refractivity contribution in [2.24, 2.45) is 11.3 Å². The molecule has 0 amide bonds. The van der Waals surface area contributed by atoms with E-state index < -0.39 is 16.9 Å². The van der Waals surface area contributed by atoms with Gasteiger partial charge in [0.2, 0.25) is 0 Å². The van der Waals surface area contributed by atoms with Gasteiger partial charge in [-0.25, -0.2) is 0 Å². The van der Waals surface area contributed by atoms with Gasteiger partial charge >= 0.3 is 11.5 Å². The van der Waals surface area contributed by atoms with E-state index in [9.17, 15) is 23.1 Å². The van der Waals surface area contributed by atoms with Crippen molar-refractivity contribution in [2.45, 2.75) is 51.0 Å². The molecule has 2 unspecified atom stereocenters. The van der Waals surface area contributed by atoms with Gasteiger partial charge in [-0.1, -0.05) is 37.9 Å². The SMILES string of the molecule is CCC1CCCC(CCSC(F)(F)F)(C(=O)O)C1. The van der Waals surface area contributed by atoms with Crippen LogP contribution in [0, 0.1) is 11.3 Å². The Bertz CT molecular complexity index is 294. The van der Waals surface area contributed by atoms with Crippen molar-refractivity contribution < 1.29 is 23.1 Å². The largest absolute Gasteiger partial charge is 0.481 e. The maximum atomic E-state index is 12.1. The van der Waals surface area contributed by atoms with Crippen LogP contribution >= 0.6 is 11.8 Å². The second-order valence-electron chi connectivity index (χ2n) is 5.00. The van der Waals surface area contributed by atoms with Gasteiger partial charge in [-0.15, -0.1) is 0 Å². The van der Waals surface area contributed by atoms with E-state index in [2.05, 4.69) is 0 Å². The summed E-state index contributed by atoms with van der Waals surface area (Å²) in [5, 5.41) is 9.34. The molecule has 1 saturated carbocycles. The monoisotopic (exact) mass is 284 g/mol. The van der Waals surface area contributed by atoms with Gasteiger partial charge in [0.25, 0.3) is 0 Å². The molecule has 0 aromatic carbocycles. The van der Waals surface area contributed by atoms with E-state index in [-0.39, 0.29) is 23.9 Å². The van der Waals surface area contributed by atoms with Crippen molar-refractivity contribution in [3.63, 3.8) is 0 Å². The number of halogens is 3. The van der Waals surface area contributed by atoms with Crippen molar-refractivity contribution in [3.8, 4) is 0 Å². The fraction of sp³-hybridized carbons (Fsp3) is 0.917. The number of rotatable bonds is 5. The molecule has 0 spiro atoms. The van der Waals surface area contributed by atoms with Gasteiger partial charge in [0, 0.05) is 5.75 Å². The van der Waals surface area contributed by atoms with Crippen molar-refractivity contribution in [2.75, 3.05) is 5.75 Å². The molecule has 1 N–H and O–H groups in total. The van der Waals surface area contributed by atoms with Crippen molar-refractivity contribution in [1.82, 2.24) is 0 Å². The van der Waals surface area contributed by atoms with Crippen molar-refractivity contribution in [3.05, 3.63) is 0 Å². The predicted molar refractivity (Wildman–Crippen MR) is 65.4 cm³/mol. The van der Waals surface area contributed by atoms with Crippen LogP contribution in [-0.2, 0) is 4.79 Å². The Morgan fingerprint density at radius 1 is 1.50 bits per heavy atom. The van der Waals surface area contributed by atoms with Crippen LogP contribution in [-0.4, -0.2) is 22.3 Å². The molecular formula is C12H19F3O2S. The average Bonchev–Trinajstić information content (AvgIpc) is 2.27. The van der Waals surface area contributed by atoms with E-state index in [1.807, 2.05) is 6.92 Å². The zero-order valence-electron chi connectivity index (χ0n) is 10.4. The quantitative estimate of drug-likeness (QED) is 0.817. The third-order valence-corrected chi connectivity index (χ3v) is 4.56. The van der Waals surface area contributed by atoms with Crippen LogP contribution in [0.25, 0.3) is 0 Å². The topological polar surface area (TPSA) is 37.3 Å². The van der Waals surface area contributed by atoms with Gasteiger partial charge < -0.3 is 5.11 Å². The zero-order valence-corrected chi connectivity index (χ0v) is 11.2. The molecule has 0 radical (unpaired) electrons. The summed E-state index contributed by atoms with van der Waals surface area (Å²) in [7, 11) is 0. The fourth-order valence-electron chi connectivity index (χ4n) is 2.72. The summed E-state index contributed by atoms with van der Waals surface area (Å²) < 4.78 is 36.3. The number of aliphatic carboxylic acids is 1. The molecule has 0 heterocycles. The van der Waals surface area contributed by atoms with Gasteiger partial charge in [0.05, 0.1) is 5.41 Å². The summed E-state index contributed by atoms with van der Waals surface area (Å²) in [6.45, 7) is 2.01. The molecule has 1 rings (SSSR count). The standard InChI is InChI=1S/C12H19F3O2S/c1-2-9-4-3-5-11(8-9,10(16)17)6-7-18-12(13,14)15/h9H,2-8H2,1H3,(H,16,17). The number of carboxylic acid groups (broad SMARTS) is 1. The summed E-state index contributed by atoms with van der Waals surface area (Å²) in [5.74, 6) is -0.749. The van der Waals surface area contributed by atoms with Crippen LogP contribution < -0.4 is 0 Å². The highest BCUT2D eigenvalue weighted by atomic mass is 32.2. The third kappa shape index (κ3) is 4.37. The molecule has 0 aromatic rings. The molecule has 1 aliphatic carbocycles. The van der Waals surface area contributed by atoms with E-state index in [0.29, 0.717) is 18.8 Å². The Labute approximate surface area is 109 Å². The second kappa shape index (κ2) is 6.17. The lowest BCUT2D eigenvalue weighted by molar-refractivity contribution is -0.152. The molecule has 0 aliphatic heterocycles. The maximum absolute atomic E-state index is 12.1. The third-order valence-electron chi connectivity index (χ3n) is 3.82. The zero-order chi connectivity index (χ0) is 13.8. The molecular weight excluding hydrogens is 265 g/mol. The molecule has 6 heteroatoms. The van der Waals surface area contributed by atoms with Gasteiger partial charge in [-0.05, 0) is 25.2 Å². The molecule has 2 atom stereocenters. The van der Waals surface area contributed by atoms with Crippen LogP contribution in [0.1, 0.15) is 45.4 Å². The fourth-order valence-corrected chi connectivity index (χ4v) is 3.45. The van der Waals surface area contributed by atoms with E-state index in [1.54, 1.807) is 0 Å². The van der Waals surface area contributed by atoms with Crippen LogP contribution in [0.2, 0.25) is 0 Å². The highest BCUT2D eigenvalue weighted by molar-refractivity contribution is 8.00. The van der Waals surface area contributed by atoms with E-state index in [0.717, 1.165) is 19.3 Å². The smallest absolute Gasteiger partial charge is 0.441 e. The second-order valence-corrected chi connectivity index (χ2v) is 6.16. The Balaban J connectivity index is 2.60. The Morgan fingerprint density at radius 2 is 2.17 bits per heavy atom. The van der Waals surface area contributed by atoms with E-state index >= 15 is 0 Å². The Hall–Kier alpha value is -0.390. The van der Waals surface area contributed by atoms with Crippen LogP contribution in [0.5, 0.6) is 0 Å². The maximum Gasteiger partial charge on any atom is 0.441 e. The molecule has 106 valence electrons. The predicted octanol–water partition coefficient (Wildman–Crippen LogP) is 4.30. The first-order chi connectivity index (χ1) is 8.29. The average molecular weight is 284 g/mol. The minimum atomic E-state index is -4.27. The first-order valence-electron chi connectivity index (χ1n) is 6.23. The molecule has 1 fully saturated rings. The number of hydrogen-bond acceptors (Lipinski definition) is 2. The summed E-state index contributed by atoms with van der Waals surface area (Å²) in [6.07, 6.45) is 3.86. The minimum absolute atomic E-state index is 0.111. The van der Waals surface area contributed by atoms with E-state index in [4.69, 9.17) is 0 Å². The van der Waals surface area contributed by atoms with Gasteiger partial charge in [0.15, 0.2) is 0 Å². The van der Waals surface area contributed by atoms with Crippen LogP contribution in [0.4, 0.5) is 13.2 Å².